The number of carbonyl (C=O) groups is 1. The average Bonchev–Trinajstić information content (AvgIpc) is 2.98. The zero-order valence-electron chi connectivity index (χ0n) is 24.1. The number of carboxylic acid groups (broad SMARTS) is 1. The number of carboxylic acids is 1. The number of ether oxygens (including phenoxy) is 2. The second-order valence-electron chi connectivity index (χ2n) is 11.9. The molecule has 3 aromatic carbocycles. The van der Waals surface area contributed by atoms with Gasteiger partial charge in [0.2, 0.25) is 0 Å². The van der Waals surface area contributed by atoms with Crippen molar-refractivity contribution in [2.75, 3.05) is 32.8 Å². The van der Waals surface area contributed by atoms with Crippen LogP contribution in [-0.2, 0) is 10.2 Å². The fourth-order valence-electron chi connectivity index (χ4n) is 7.01. The number of phenols is 2. The Morgan fingerprint density at radius 3 is 2.44 bits per heavy atom. The fraction of sp³-hybridized carbons (Fsp3) is 0.441. The van der Waals surface area contributed by atoms with E-state index < -0.39 is 11.4 Å². The van der Waals surface area contributed by atoms with Crippen LogP contribution in [0.25, 0.3) is 0 Å². The van der Waals surface area contributed by atoms with E-state index in [-0.39, 0.29) is 23.5 Å². The maximum absolute atomic E-state index is 11.9. The van der Waals surface area contributed by atoms with E-state index in [2.05, 4.69) is 26.0 Å². The first-order valence-electron chi connectivity index (χ1n) is 14.8. The van der Waals surface area contributed by atoms with E-state index in [1.54, 1.807) is 24.3 Å². The molecule has 0 aromatic heterocycles. The van der Waals surface area contributed by atoms with Gasteiger partial charge in [-0.05, 0) is 74.1 Å². The predicted octanol–water partition coefficient (Wildman–Crippen LogP) is 6.21. The van der Waals surface area contributed by atoms with Crippen LogP contribution in [0.2, 0.25) is 0 Å². The summed E-state index contributed by atoms with van der Waals surface area (Å²) in [4.78, 5) is 11.9. The van der Waals surface area contributed by atoms with Gasteiger partial charge in [0, 0.05) is 29.4 Å². The molecule has 3 N–H and O–H groups in total. The van der Waals surface area contributed by atoms with Crippen molar-refractivity contribution in [3.63, 3.8) is 0 Å². The number of aromatic hydroxyl groups is 2. The summed E-state index contributed by atoms with van der Waals surface area (Å²) >= 11 is 0. The molecule has 5 rings (SSSR count). The van der Waals surface area contributed by atoms with Gasteiger partial charge in [0.05, 0.1) is 32.8 Å². The van der Waals surface area contributed by atoms with Gasteiger partial charge in [-0.25, -0.2) is 4.79 Å². The molecule has 2 aliphatic rings. The number of rotatable bonds is 10. The molecule has 0 aliphatic carbocycles. The van der Waals surface area contributed by atoms with Crippen LogP contribution in [-0.4, -0.2) is 64.7 Å². The van der Waals surface area contributed by atoms with E-state index in [1.807, 2.05) is 30.3 Å². The van der Waals surface area contributed by atoms with Gasteiger partial charge in [-0.15, -0.1) is 0 Å². The molecule has 1 saturated heterocycles. The summed E-state index contributed by atoms with van der Waals surface area (Å²) < 4.78 is 12.9. The summed E-state index contributed by atoms with van der Waals surface area (Å²) in [5.74, 6) is 1.18. The number of unbranched alkanes of at least 4 members (excludes halogenated alkanes) is 1. The number of likely N-dealkylation sites (N-methyl/N-ethyl adjacent to an activating group) is 1. The van der Waals surface area contributed by atoms with Gasteiger partial charge < -0.3 is 29.3 Å². The maximum Gasteiger partial charge on any atom is 0.362 e. The van der Waals surface area contributed by atoms with Crippen LogP contribution in [0, 0.1) is 0 Å². The molecule has 3 aromatic rings. The molecule has 4 atom stereocenters. The van der Waals surface area contributed by atoms with Gasteiger partial charge in [-0.2, -0.15) is 0 Å². The van der Waals surface area contributed by atoms with Crippen LogP contribution in [0.3, 0.4) is 0 Å². The summed E-state index contributed by atoms with van der Waals surface area (Å²) in [6.07, 6.45) is 4.70. The average molecular weight is 561 g/mol. The number of quaternary nitrogens is 1. The van der Waals surface area contributed by atoms with Crippen molar-refractivity contribution >= 4 is 5.97 Å². The minimum atomic E-state index is -0.659. The Kier molecular flexibility index (Phi) is 8.45. The van der Waals surface area contributed by atoms with Crippen molar-refractivity contribution in [1.29, 1.82) is 0 Å². The third kappa shape index (κ3) is 5.87. The van der Waals surface area contributed by atoms with Crippen LogP contribution >= 0.6 is 0 Å². The summed E-state index contributed by atoms with van der Waals surface area (Å²) in [6, 6.07) is 20.5. The number of hydrogen-bond donors (Lipinski definition) is 3. The highest BCUT2D eigenvalue weighted by molar-refractivity contribution is 5.72. The third-order valence-corrected chi connectivity index (χ3v) is 9.39. The Labute approximate surface area is 242 Å². The minimum absolute atomic E-state index is 0.0360. The lowest BCUT2D eigenvalue weighted by Crippen LogP contribution is -2.61. The van der Waals surface area contributed by atoms with Crippen molar-refractivity contribution in [3.8, 4) is 23.0 Å². The molecule has 41 heavy (non-hydrogen) atoms. The quantitative estimate of drug-likeness (QED) is 0.201. The number of benzene rings is 3. The van der Waals surface area contributed by atoms with Gasteiger partial charge in [0.1, 0.15) is 23.0 Å². The van der Waals surface area contributed by atoms with Crippen molar-refractivity contribution in [3.05, 3.63) is 83.4 Å². The molecule has 2 heterocycles. The molecule has 1 fully saturated rings. The second-order valence-corrected chi connectivity index (χ2v) is 11.9. The van der Waals surface area contributed by atoms with Gasteiger partial charge in [0.15, 0.2) is 6.04 Å². The molecule has 0 radical (unpaired) electrons. The van der Waals surface area contributed by atoms with Crippen LogP contribution in [0.1, 0.15) is 68.6 Å². The van der Waals surface area contributed by atoms with Crippen LogP contribution < -0.4 is 9.47 Å². The smallest absolute Gasteiger partial charge is 0.362 e. The van der Waals surface area contributed by atoms with Gasteiger partial charge >= 0.3 is 5.97 Å². The zero-order valence-corrected chi connectivity index (χ0v) is 24.1. The SMILES string of the molecule is CC[N+]1(CCCCOc2ccc(C3c4ccc(O)cc4OCC3(C)c3ccc(O)cc3)cc2)CCCCC1C(=O)O. The predicted molar refractivity (Wildman–Crippen MR) is 158 cm³/mol. The van der Waals surface area contributed by atoms with Crippen LogP contribution in [0.5, 0.6) is 23.0 Å². The van der Waals surface area contributed by atoms with E-state index in [9.17, 15) is 20.1 Å². The van der Waals surface area contributed by atoms with Crippen molar-refractivity contribution < 1.29 is 34.1 Å². The summed E-state index contributed by atoms with van der Waals surface area (Å²) in [7, 11) is 0. The first-order chi connectivity index (χ1) is 19.8. The summed E-state index contributed by atoms with van der Waals surface area (Å²) in [5.41, 5.74) is 2.78. The number of phenolic OH excluding ortho intramolecular Hbond substituents is 2. The third-order valence-electron chi connectivity index (χ3n) is 9.39. The number of nitrogens with zero attached hydrogens (tertiary/aromatic N) is 1. The van der Waals surface area contributed by atoms with Gasteiger partial charge in [-0.3, -0.25) is 0 Å². The molecule has 7 heteroatoms. The van der Waals surface area contributed by atoms with Gasteiger partial charge in [0.25, 0.3) is 0 Å². The van der Waals surface area contributed by atoms with E-state index in [0.717, 1.165) is 74.2 Å². The van der Waals surface area contributed by atoms with Gasteiger partial charge in [-0.1, -0.05) is 37.3 Å². The zero-order chi connectivity index (χ0) is 29.0. The number of piperidine rings is 1. The lowest BCUT2D eigenvalue weighted by atomic mass is 9.65. The Morgan fingerprint density at radius 2 is 1.73 bits per heavy atom. The molecular weight excluding hydrogens is 518 g/mol. The summed E-state index contributed by atoms with van der Waals surface area (Å²) in [5, 5.41) is 29.7. The fourth-order valence-corrected chi connectivity index (χ4v) is 7.01. The molecule has 7 nitrogen and oxygen atoms in total. The number of aliphatic carboxylic acids is 1. The Bertz CT molecular complexity index is 1340. The second kappa shape index (κ2) is 12.0. The molecule has 0 saturated carbocycles. The highest BCUT2D eigenvalue weighted by Crippen LogP contribution is 2.50. The molecule has 218 valence electrons. The largest absolute Gasteiger partial charge is 0.508 e. The first-order valence-corrected chi connectivity index (χ1v) is 14.8. The Balaban J connectivity index is 1.27. The summed E-state index contributed by atoms with van der Waals surface area (Å²) in [6.45, 7) is 8.00. The number of hydrogen-bond acceptors (Lipinski definition) is 5. The van der Waals surface area contributed by atoms with Crippen molar-refractivity contribution in [2.24, 2.45) is 0 Å². The molecular formula is C34H42NO6+. The standard InChI is InChI=1S/C34H41NO6/c1-3-35(19-5-4-8-30(35)33(38)39)20-6-7-21-40-28-16-9-24(10-17-28)32-29-18-15-27(37)22-31(29)41-23-34(32,2)25-11-13-26(36)14-12-25/h9-18,22,30,32H,3-8,19-21,23H2,1-2H3,(H2-,36,37,38,39)/p+1. The van der Waals surface area contributed by atoms with Crippen molar-refractivity contribution in [1.82, 2.24) is 0 Å². The van der Waals surface area contributed by atoms with Crippen LogP contribution in [0.4, 0.5) is 0 Å². The maximum atomic E-state index is 11.9. The normalized spacial score (nSPS) is 25.6. The molecule has 0 bridgehead atoms. The topological polar surface area (TPSA) is 96.2 Å². The number of likely N-dealkylation sites (tertiary alicyclic amines) is 1. The highest BCUT2D eigenvalue weighted by atomic mass is 16.5. The van der Waals surface area contributed by atoms with E-state index in [4.69, 9.17) is 9.47 Å². The molecule has 2 aliphatic heterocycles. The van der Waals surface area contributed by atoms with E-state index >= 15 is 0 Å². The highest BCUT2D eigenvalue weighted by Gasteiger charge is 2.44. The monoisotopic (exact) mass is 560 g/mol. The minimum Gasteiger partial charge on any atom is -0.508 e. The van der Waals surface area contributed by atoms with E-state index in [0.29, 0.717) is 23.4 Å². The molecule has 4 unspecified atom stereocenters. The lowest BCUT2D eigenvalue weighted by molar-refractivity contribution is -0.946. The number of fused-ring (bicyclic) bond motifs is 1. The lowest BCUT2D eigenvalue weighted by Gasteiger charge is -2.45. The Hall–Kier alpha value is -3.71. The van der Waals surface area contributed by atoms with Crippen LogP contribution in [0.15, 0.2) is 66.7 Å². The molecule has 0 spiro atoms. The first kappa shape index (κ1) is 28.8. The van der Waals surface area contributed by atoms with Crippen molar-refractivity contribution in [2.45, 2.75) is 63.3 Å². The Morgan fingerprint density at radius 1 is 1.00 bits per heavy atom. The van der Waals surface area contributed by atoms with E-state index in [1.165, 1.54) is 0 Å². The molecule has 0 amide bonds.